The first-order chi connectivity index (χ1) is 40.0. The molecule has 16 bridgehead atoms. The van der Waals surface area contributed by atoms with Gasteiger partial charge in [0.05, 0.1) is 45.6 Å². The summed E-state index contributed by atoms with van der Waals surface area (Å²) in [6.45, 7) is 32.0. The average Bonchev–Trinajstić information content (AvgIpc) is 1.94. The second-order valence-electron chi connectivity index (χ2n) is 21.3. The van der Waals surface area contributed by atoms with E-state index in [0.717, 1.165) is 139 Å². The summed E-state index contributed by atoms with van der Waals surface area (Å²) in [4.78, 5) is 82.8. The van der Waals surface area contributed by atoms with Crippen LogP contribution in [0.2, 0.25) is 0 Å². The van der Waals surface area contributed by atoms with E-state index in [4.69, 9.17) is 29.9 Å². The number of carboxylic acids is 4. The molecule has 0 radical (unpaired) electrons. The fourth-order valence-corrected chi connectivity index (χ4v) is 11.4. The molecule has 0 spiro atoms. The number of hydrogen-bond donors (Lipinski definition) is 6. The summed E-state index contributed by atoms with van der Waals surface area (Å²) < 4.78 is 0. The van der Waals surface area contributed by atoms with E-state index >= 15 is 0 Å². The van der Waals surface area contributed by atoms with Crippen molar-refractivity contribution >= 4 is 131 Å². The Labute approximate surface area is 502 Å². The van der Waals surface area contributed by atoms with E-state index in [-0.39, 0.29) is 42.8 Å². The molecule has 434 valence electrons. The van der Waals surface area contributed by atoms with Crippen molar-refractivity contribution in [3.63, 3.8) is 0 Å². The molecule has 6 aromatic rings. The Morgan fingerprint density at radius 2 is 0.765 bits per heavy atom. The number of H-pyrrole nitrogens is 2. The molecule has 16 nitrogen and oxygen atoms in total. The fourth-order valence-electron chi connectivity index (χ4n) is 11.4. The standard InChI is InChI=1S/2C34H34N4O4.Fe/c2*1-7-21-17(3)25-13-26-19(5)23(9-11-33(39)40)31(37-26)16-32-24(10-12-34(41)42)20(6)28(38-32)15-30-22(8-2)18(4)27(36-30)14-29(21)35-25;/h7-8,13-16H,1-2,9-12H2,3-6H3,(H4,35,36,37,38,39,40,41,42);7-8,13-16,35-36H,1-2,9-12H2,3-6H3,(H,39,40)(H,41,42);/q;;+2/p-2. The number of rotatable bonds is 16. The number of nitrogens with one attached hydrogen (secondary N) is 2. The first kappa shape index (κ1) is 61.6. The molecule has 0 amide bonds. The first-order valence-electron chi connectivity index (χ1n) is 27.6. The van der Waals surface area contributed by atoms with Crippen molar-refractivity contribution in [3.05, 3.63) is 171 Å². The molecule has 4 aliphatic rings. The summed E-state index contributed by atoms with van der Waals surface area (Å²) in [5, 5.41) is 37.8. The van der Waals surface area contributed by atoms with Gasteiger partial charge in [-0.3, -0.25) is 19.2 Å². The van der Waals surface area contributed by atoms with Crippen LogP contribution in [0.15, 0.2) is 80.9 Å². The van der Waals surface area contributed by atoms with Crippen LogP contribution in [0.25, 0.3) is 107 Å². The molecule has 10 heterocycles. The number of nitrogens with zero attached hydrogens (tertiary/aromatic N) is 6. The zero-order valence-electron chi connectivity index (χ0n) is 48.9. The Balaban J connectivity index is 0.000000219. The zero-order chi connectivity index (χ0) is 60.6. The van der Waals surface area contributed by atoms with E-state index in [1.54, 1.807) is 12.2 Å². The molecule has 17 heteroatoms. The number of aliphatic carboxylic acids is 4. The number of carbonyl (C=O) groups is 4. The maximum atomic E-state index is 11.5. The molecule has 0 fully saturated rings. The van der Waals surface area contributed by atoms with Crippen LogP contribution in [0.4, 0.5) is 0 Å². The van der Waals surface area contributed by atoms with Gasteiger partial charge in [0.2, 0.25) is 0 Å². The summed E-state index contributed by atoms with van der Waals surface area (Å²) in [6.07, 6.45) is 8.26. The average molecular weight is 1180 g/mol. The van der Waals surface area contributed by atoms with Crippen LogP contribution in [-0.4, -0.2) is 74.2 Å². The minimum Gasteiger partial charge on any atom is -0.657 e. The Morgan fingerprint density at radius 1 is 0.400 bits per heavy atom. The quantitative estimate of drug-likeness (QED) is 0.0493. The molecule has 0 atom stereocenters. The van der Waals surface area contributed by atoms with Gasteiger partial charge in [0.25, 0.3) is 0 Å². The molecule has 6 N–H and O–H groups in total. The fraction of sp³-hybridized carbons (Fsp3) is 0.235. The number of carboxylic acid groups (broad SMARTS) is 4. The van der Waals surface area contributed by atoms with E-state index in [1.165, 1.54) is 0 Å². The van der Waals surface area contributed by atoms with Gasteiger partial charge in [-0.25, -0.2) is 19.9 Å². The van der Waals surface area contributed by atoms with E-state index < -0.39 is 23.9 Å². The van der Waals surface area contributed by atoms with Crippen LogP contribution in [-0.2, 0) is 42.7 Å². The monoisotopic (exact) mass is 1180 g/mol. The third-order valence-corrected chi connectivity index (χ3v) is 16.3. The number of hydrogen-bond acceptors (Lipinski definition) is 8. The van der Waals surface area contributed by atoms with Crippen LogP contribution in [0, 0.1) is 27.7 Å². The van der Waals surface area contributed by atoms with Crippen molar-refractivity contribution in [2.24, 2.45) is 0 Å². The summed E-state index contributed by atoms with van der Waals surface area (Å²) >= 11 is 0. The smallest absolute Gasteiger partial charge is 0.657 e. The maximum absolute atomic E-state index is 11.5. The Kier molecular flexibility index (Phi) is 18.3. The minimum atomic E-state index is -0.898. The van der Waals surface area contributed by atoms with Crippen molar-refractivity contribution in [1.29, 1.82) is 0 Å². The van der Waals surface area contributed by atoms with E-state index in [9.17, 15) is 39.6 Å². The van der Waals surface area contributed by atoms with Gasteiger partial charge in [0, 0.05) is 64.5 Å². The predicted octanol–water partition coefficient (Wildman–Crippen LogP) is 14.6. The topological polar surface area (TPSA) is 261 Å². The van der Waals surface area contributed by atoms with Crippen molar-refractivity contribution in [2.45, 2.75) is 107 Å². The molecule has 0 saturated carbocycles. The number of allylic oxidation sites excluding steroid dienone is 9. The Bertz CT molecular complexity index is 4400. The van der Waals surface area contributed by atoms with Gasteiger partial charge >= 0.3 is 40.9 Å². The summed E-state index contributed by atoms with van der Waals surface area (Å²) in [7, 11) is 0. The molecule has 4 aliphatic heterocycles. The van der Waals surface area contributed by atoms with Crippen LogP contribution >= 0.6 is 0 Å². The van der Waals surface area contributed by atoms with Crippen LogP contribution in [0.3, 0.4) is 0 Å². The van der Waals surface area contributed by atoms with E-state index in [1.807, 2.05) is 110 Å². The van der Waals surface area contributed by atoms with Crippen LogP contribution < -0.4 is 9.97 Å². The Morgan fingerprint density at radius 3 is 1.25 bits per heavy atom. The molecule has 10 rings (SSSR count). The van der Waals surface area contributed by atoms with Gasteiger partial charge in [0.15, 0.2) is 0 Å². The molecular formula is C68H66FeN8O8. The molecular weight excluding hydrogens is 1110 g/mol. The second-order valence-corrected chi connectivity index (χ2v) is 21.3. The number of aromatic nitrogens is 8. The number of aromatic amines is 2. The van der Waals surface area contributed by atoms with Gasteiger partial charge in [-0.15, -0.1) is 22.1 Å². The molecule has 0 aromatic carbocycles. The van der Waals surface area contributed by atoms with Gasteiger partial charge in [-0.1, -0.05) is 91.6 Å². The maximum Gasteiger partial charge on any atom is 2.00 e. The van der Waals surface area contributed by atoms with Gasteiger partial charge < -0.3 is 40.4 Å². The molecule has 0 aliphatic carbocycles. The van der Waals surface area contributed by atoms with Crippen molar-refractivity contribution in [3.8, 4) is 0 Å². The molecule has 0 saturated heterocycles. The van der Waals surface area contributed by atoms with Gasteiger partial charge in [-0.2, -0.15) is 0 Å². The van der Waals surface area contributed by atoms with Crippen molar-refractivity contribution in [2.75, 3.05) is 0 Å². The normalized spacial score (nSPS) is 12.9. The molecule has 85 heavy (non-hydrogen) atoms. The Hall–Kier alpha value is -9.44. The first-order valence-corrected chi connectivity index (χ1v) is 27.6. The SMILES string of the molecule is C=CC1=C(C)c2cc3[n-]c(cc4nc(cc5[n-]c(cc1n2)c(C)c5C=C)C(C)=C4CCC(=O)O)c(CCC(=O)O)c3C.C=Cc1c(C)c2cc3[nH]c(cc4nc(cc5nc(cc1[nH]2)C(C)=C5CCC(=O)O)C(CCC(=O)O)=C4C)c(C)c3C=C.[Fe+2]. The van der Waals surface area contributed by atoms with Gasteiger partial charge in [0.1, 0.15) is 0 Å². The minimum absolute atomic E-state index is 0. The van der Waals surface area contributed by atoms with Crippen LogP contribution in [0.5, 0.6) is 0 Å². The number of fused-ring (bicyclic) bond motifs is 16. The second kappa shape index (κ2) is 25.2. The molecule has 6 aromatic heterocycles. The van der Waals surface area contributed by atoms with E-state index in [0.29, 0.717) is 65.0 Å². The van der Waals surface area contributed by atoms with Crippen molar-refractivity contribution < 1.29 is 56.7 Å². The van der Waals surface area contributed by atoms with Crippen LogP contribution in [0.1, 0.15) is 163 Å². The van der Waals surface area contributed by atoms with Crippen molar-refractivity contribution in [1.82, 2.24) is 39.9 Å². The number of aryl methyl sites for hydroxylation is 5. The van der Waals surface area contributed by atoms with E-state index in [2.05, 4.69) is 42.4 Å². The zero-order valence-corrected chi connectivity index (χ0v) is 50.0. The molecule has 0 unspecified atom stereocenters. The summed E-state index contributed by atoms with van der Waals surface area (Å²) in [5.41, 5.74) is 26.3. The largest absolute Gasteiger partial charge is 2.00 e. The summed E-state index contributed by atoms with van der Waals surface area (Å²) in [5.74, 6) is -3.57. The predicted molar refractivity (Wildman–Crippen MR) is 336 cm³/mol. The van der Waals surface area contributed by atoms with Gasteiger partial charge in [-0.05, 0) is 161 Å². The third kappa shape index (κ3) is 12.3. The third-order valence-electron chi connectivity index (χ3n) is 16.3. The summed E-state index contributed by atoms with van der Waals surface area (Å²) in [6, 6.07) is 15.5.